The lowest BCUT2D eigenvalue weighted by Gasteiger charge is -2.12. The van der Waals surface area contributed by atoms with Crippen LogP contribution < -0.4 is 4.74 Å². The van der Waals surface area contributed by atoms with Gasteiger partial charge in [0, 0.05) is 17.8 Å². The number of aldehydes is 1. The van der Waals surface area contributed by atoms with Crippen LogP contribution in [0.1, 0.15) is 21.5 Å². The molecule has 3 aromatic rings. The van der Waals surface area contributed by atoms with E-state index < -0.39 is 0 Å². The smallest absolute Gasteiger partial charge is 0.213 e. The van der Waals surface area contributed by atoms with Crippen LogP contribution in [-0.4, -0.2) is 11.3 Å². The summed E-state index contributed by atoms with van der Waals surface area (Å²) in [4.78, 5) is 14.8. The molecule has 0 aliphatic heterocycles. The van der Waals surface area contributed by atoms with Crippen LogP contribution in [0, 0.1) is 6.92 Å². The third kappa shape index (κ3) is 3.46. The second-order valence-electron chi connectivity index (χ2n) is 5.29. The van der Waals surface area contributed by atoms with Crippen molar-refractivity contribution >= 4 is 6.29 Å². The van der Waals surface area contributed by atoms with E-state index in [2.05, 4.69) is 36.2 Å². The molecule has 0 unspecified atom stereocenters. The van der Waals surface area contributed by atoms with Crippen molar-refractivity contribution in [1.82, 2.24) is 4.98 Å². The summed E-state index contributed by atoms with van der Waals surface area (Å²) in [6, 6.07) is 19.9. The fraction of sp³-hybridized carbons (Fsp3) is 0.100. The standard InChI is InChI=1S/C20H17NO2/c1-15-18(14-23-20-11-10-16(13-22)12-21-20)8-5-9-19(15)17-6-3-2-4-7-17/h2-13H,14H2,1H3. The monoisotopic (exact) mass is 303 g/mol. The Morgan fingerprint density at radius 1 is 1.00 bits per heavy atom. The topological polar surface area (TPSA) is 39.2 Å². The van der Waals surface area contributed by atoms with Gasteiger partial charge in [-0.25, -0.2) is 4.98 Å². The highest BCUT2D eigenvalue weighted by Crippen LogP contribution is 2.26. The molecule has 0 N–H and O–H groups in total. The third-order valence-electron chi connectivity index (χ3n) is 3.80. The molecule has 0 aliphatic rings. The average molecular weight is 303 g/mol. The van der Waals surface area contributed by atoms with Gasteiger partial charge in [-0.15, -0.1) is 0 Å². The highest BCUT2D eigenvalue weighted by atomic mass is 16.5. The molecule has 114 valence electrons. The molecule has 0 atom stereocenters. The molecule has 0 aliphatic carbocycles. The summed E-state index contributed by atoms with van der Waals surface area (Å²) in [5.74, 6) is 0.514. The number of hydrogen-bond acceptors (Lipinski definition) is 3. The van der Waals surface area contributed by atoms with Gasteiger partial charge in [-0.2, -0.15) is 0 Å². The van der Waals surface area contributed by atoms with E-state index in [0.717, 1.165) is 11.8 Å². The Bertz CT molecular complexity index is 796. The van der Waals surface area contributed by atoms with Crippen LogP contribution in [0.25, 0.3) is 11.1 Å². The fourth-order valence-electron chi connectivity index (χ4n) is 2.47. The Morgan fingerprint density at radius 2 is 1.83 bits per heavy atom. The maximum absolute atomic E-state index is 10.6. The van der Waals surface area contributed by atoms with Gasteiger partial charge in [-0.1, -0.05) is 48.5 Å². The van der Waals surface area contributed by atoms with E-state index in [1.165, 1.54) is 22.9 Å². The minimum absolute atomic E-state index is 0.444. The van der Waals surface area contributed by atoms with Crippen molar-refractivity contribution in [3.8, 4) is 17.0 Å². The summed E-state index contributed by atoms with van der Waals surface area (Å²) in [6.07, 6.45) is 2.28. The van der Waals surface area contributed by atoms with E-state index >= 15 is 0 Å². The lowest BCUT2D eigenvalue weighted by atomic mass is 9.97. The molecule has 0 amide bonds. The Hall–Kier alpha value is -2.94. The largest absolute Gasteiger partial charge is 0.473 e. The first kappa shape index (κ1) is 15.0. The van der Waals surface area contributed by atoms with Crippen LogP contribution in [0.3, 0.4) is 0 Å². The highest BCUT2D eigenvalue weighted by Gasteiger charge is 2.07. The Balaban J connectivity index is 1.79. The minimum Gasteiger partial charge on any atom is -0.473 e. The van der Waals surface area contributed by atoms with E-state index in [4.69, 9.17) is 4.74 Å². The molecule has 0 bridgehead atoms. The average Bonchev–Trinajstić information content (AvgIpc) is 2.62. The van der Waals surface area contributed by atoms with Crippen molar-refractivity contribution in [2.75, 3.05) is 0 Å². The third-order valence-corrected chi connectivity index (χ3v) is 3.80. The molecule has 2 aromatic carbocycles. The fourth-order valence-corrected chi connectivity index (χ4v) is 2.47. The van der Waals surface area contributed by atoms with Gasteiger partial charge in [0.05, 0.1) is 0 Å². The highest BCUT2D eigenvalue weighted by molar-refractivity contribution is 5.74. The van der Waals surface area contributed by atoms with E-state index in [9.17, 15) is 4.79 Å². The first-order valence-electron chi connectivity index (χ1n) is 7.46. The maximum atomic E-state index is 10.6. The summed E-state index contributed by atoms with van der Waals surface area (Å²) >= 11 is 0. The molecular formula is C20H17NO2. The molecule has 0 saturated heterocycles. The molecule has 1 aromatic heterocycles. The van der Waals surface area contributed by atoms with Crippen molar-refractivity contribution in [1.29, 1.82) is 0 Å². The number of nitrogens with zero attached hydrogens (tertiary/aromatic N) is 1. The van der Waals surface area contributed by atoms with Gasteiger partial charge < -0.3 is 4.74 Å². The molecular weight excluding hydrogens is 286 g/mol. The van der Waals surface area contributed by atoms with E-state index in [-0.39, 0.29) is 0 Å². The Labute approximate surface area is 135 Å². The number of rotatable bonds is 5. The van der Waals surface area contributed by atoms with Gasteiger partial charge >= 0.3 is 0 Å². The second-order valence-corrected chi connectivity index (χ2v) is 5.29. The van der Waals surface area contributed by atoms with Crippen LogP contribution in [0.2, 0.25) is 0 Å². The molecule has 3 nitrogen and oxygen atoms in total. The summed E-state index contributed by atoms with van der Waals surface area (Å²) < 4.78 is 5.74. The lowest BCUT2D eigenvalue weighted by molar-refractivity contribution is 0.112. The van der Waals surface area contributed by atoms with Gasteiger partial charge in [0.25, 0.3) is 0 Å². The van der Waals surface area contributed by atoms with Crippen molar-refractivity contribution < 1.29 is 9.53 Å². The number of ether oxygens (including phenoxy) is 1. The van der Waals surface area contributed by atoms with Gasteiger partial charge in [0.15, 0.2) is 6.29 Å². The van der Waals surface area contributed by atoms with Gasteiger partial charge in [-0.05, 0) is 35.2 Å². The minimum atomic E-state index is 0.444. The van der Waals surface area contributed by atoms with Gasteiger partial charge in [0.2, 0.25) is 5.88 Å². The number of benzene rings is 2. The van der Waals surface area contributed by atoms with E-state index in [0.29, 0.717) is 18.1 Å². The Kier molecular flexibility index (Phi) is 4.48. The number of carbonyl (C=O) groups is 1. The second kappa shape index (κ2) is 6.88. The van der Waals surface area contributed by atoms with Crippen LogP contribution in [-0.2, 0) is 6.61 Å². The zero-order valence-electron chi connectivity index (χ0n) is 12.9. The summed E-state index contributed by atoms with van der Waals surface area (Å²) in [5.41, 5.74) is 5.26. The quantitative estimate of drug-likeness (QED) is 0.654. The van der Waals surface area contributed by atoms with Crippen molar-refractivity contribution in [3.63, 3.8) is 0 Å². The SMILES string of the molecule is Cc1c(COc2ccc(C=O)cn2)cccc1-c1ccccc1. The van der Waals surface area contributed by atoms with Crippen LogP contribution in [0.4, 0.5) is 0 Å². The maximum Gasteiger partial charge on any atom is 0.213 e. The van der Waals surface area contributed by atoms with Crippen LogP contribution in [0.15, 0.2) is 66.9 Å². The normalized spacial score (nSPS) is 10.3. The van der Waals surface area contributed by atoms with Crippen LogP contribution in [0.5, 0.6) is 5.88 Å². The predicted molar refractivity (Wildman–Crippen MR) is 90.6 cm³/mol. The summed E-state index contributed by atoms with van der Waals surface area (Å²) in [6.45, 7) is 2.55. The van der Waals surface area contributed by atoms with E-state index in [1.807, 2.05) is 24.3 Å². The Morgan fingerprint density at radius 3 is 2.52 bits per heavy atom. The lowest BCUT2D eigenvalue weighted by Crippen LogP contribution is -2.00. The molecule has 23 heavy (non-hydrogen) atoms. The number of aromatic nitrogens is 1. The van der Waals surface area contributed by atoms with E-state index in [1.54, 1.807) is 12.1 Å². The number of pyridine rings is 1. The summed E-state index contributed by atoms with van der Waals surface area (Å²) in [5, 5.41) is 0. The molecule has 3 heteroatoms. The molecule has 0 spiro atoms. The first-order chi connectivity index (χ1) is 11.3. The molecule has 3 rings (SSSR count). The molecule has 0 saturated carbocycles. The van der Waals surface area contributed by atoms with Gasteiger partial charge in [0.1, 0.15) is 6.61 Å². The number of carbonyl (C=O) groups excluding carboxylic acids is 1. The van der Waals surface area contributed by atoms with Crippen molar-refractivity contribution in [2.24, 2.45) is 0 Å². The predicted octanol–water partition coefficient (Wildman–Crippen LogP) is 4.45. The van der Waals surface area contributed by atoms with Crippen molar-refractivity contribution in [2.45, 2.75) is 13.5 Å². The van der Waals surface area contributed by atoms with Crippen molar-refractivity contribution in [3.05, 3.63) is 83.6 Å². The zero-order chi connectivity index (χ0) is 16.1. The molecule has 1 heterocycles. The van der Waals surface area contributed by atoms with Crippen LogP contribution >= 0.6 is 0 Å². The van der Waals surface area contributed by atoms with Gasteiger partial charge in [-0.3, -0.25) is 4.79 Å². The molecule has 0 fully saturated rings. The first-order valence-corrected chi connectivity index (χ1v) is 7.46. The molecule has 0 radical (unpaired) electrons. The number of hydrogen-bond donors (Lipinski definition) is 0. The summed E-state index contributed by atoms with van der Waals surface area (Å²) in [7, 11) is 0. The zero-order valence-corrected chi connectivity index (χ0v) is 12.9.